The number of hydrogen-bond donors (Lipinski definition) is 0. The Kier molecular flexibility index (Phi) is 5.49. The summed E-state index contributed by atoms with van der Waals surface area (Å²) in [4.78, 5) is 11.7. The molecular formula is C11H14ClNO2S2. The molecule has 0 bridgehead atoms. The lowest BCUT2D eigenvalue weighted by Gasteiger charge is -2.15. The van der Waals surface area contributed by atoms with E-state index in [-0.39, 0.29) is 0 Å². The van der Waals surface area contributed by atoms with Crippen LogP contribution >= 0.6 is 35.5 Å². The second-order valence-electron chi connectivity index (χ2n) is 3.36. The number of nitrogens with zero attached hydrogens (tertiary/aromatic N) is 1. The molecule has 0 spiro atoms. The highest BCUT2D eigenvalue weighted by molar-refractivity contribution is 8.12. The van der Waals surface area contributed by atoms with Crippen LogP contribution in [0.15, 0.2) is 12.1 Å². The molecule has 0 aliphatic carbocycles. The fourth-order valence-electron chi connectivity index (χ4n) is 1.33. The van der Waals surface area contributed by atoms with Gasteiger partial charge in [0.25, 0.3) is 0 Å². The van der Waals surface area contributed by atoms with Gasteiger partial charge in [-0.15, -0.1) is 0 Å². The number of hydrogen-bond acceptors (Lipinski definition) is 4. The molecule has 6 heteroatoms. The number of aryl methyl sites for hydroxylation is 2. The Morgan fingerprint density at radius 2 is 1.71 bits per heavy atom. The zero-order chi connectivity index (χ0) is 13.0. The lowest BCUT2D eigenvalue weighted by atomic mass is 10.1. The molecule has 3 nitrogen and oxygen atoms in total. The highest BCUT2D eigenvalue weighted by Crippen LogP contribution is 2.27. The normalized spacial score (nSPS) is 10.2. The molecule has 0 saturated heterocycles. The summed E-state index contributed by atoms with van der Waals surface area (Å²) in [6.07, 6.45) is 3.23. The highest BCUT2D eigenvalue weighted by atomic mass is 35.5. The fraction of sp³-hybridized carbons (Fsp3) is 0.364. The predicted molar refractivity (Wildman–Crippen MR) is 75.8 cm³/mol. The largest absolute Gasteiger partial charge is 0.435 e. The summed E-state index contributed by atoms with van der Waals surface area (Å²) < 4.78 is 6.72. The molecule has 1 aromatic carbocycles. The number of rotatable bonds is 3. The zero-order valence-electron chi connectivity index (χ0n) is 10.1. The third-order valence-electron chi connectivity index (χ3n) is 2.10. The van der Waals surface area contributed by atoms with Crippen LogP contribution in [-0.2, 0) is 0 Å². The Bertz CT molecular complexity index is 399. The van der Waals surface area contributed by atoms with Gasteiger partial charge in [0, 0.05) is 17.5 Å². The first-order valence-electron chi connectivity index (χ1n) is 4.86. The van der Waals surface area contributed by atoms with E-state index in [2.05, 4.69) is 0 Å². The summed E-state index contributed by atoms with van der Waals surface area (Å²) in [6.45, 7) is 3.77. The summed E-state index contributed by atoms with van der Waals surface area (Å²) in [5.41, 5.74) is 1.80. The number of ether oxygens (including phenoxy) is 1. The van der Waals surface area contributed by atoms with Crippen LogP contribution in [0.1, 0.15) is 11.1 Å². The molecule has 0 fully saturated rings. The molecule has 1 rings (SSSR count). The van der Waals surface area contributed by atoms with E-state index in [1.165, 1.54) is 27.6 Å². The van der Waals surface area contributed by atoms with Gasteiger partial charge in [-0.3, -0.25) is 0 Å². The van der Waals surface area contributed by atoms with Crippen LogP contribution < -0.4 is 4.74 Å². The van der Waals surface area contributed by atoms with E-state index in [4.69, 9.17) is 16.3 Å². The molecular weight excluding hydrogens is 278 g/mol. The van der Waals surface area contributed by atoms with Crippen molar-refractivity contribution in [3.63, 3.8) is 0 Å². The minimum atomic E-state index is -0.397. The number of amides is 1. The maximum Gasteiger partial charge on any atom is 0.435 e. The Balaban J connectivity index is 2.85. The maximum atomic E-state index is 11.7. The van der Waals surface area contributed by atoms with Crippen molar-refractivity contribution in [1.29, 1.82) is 0 Å². The average molecular weight is 292 g/mol. The third kappa shape index (κ3) is 3.72. The first-order chi connectivity index (χ1) is 7.99. The second-order valence-corrected chi connectivity index (χ2v) is 5.43. The van der Waals surface area contributed by atoms with Gasteiger partial charge in [-0.25, -0.2) is 4.79 Å². The molecule has 94 valence electrons. The van der Waals surface area contributed by atoms with Crippen LogP contribution in [0.4, 0.5) is 4.79 Å². The molecule has 0 aliphatic rings. The predicted octanol–water partition coefficient (Wildman–Crippen LogP) is 4.31. The second kappa shape index (κ2) is 6.42. The Morgan fingerprint density at radius 1 is 1.24 bits per heavy atom. The Hall–Kier alpha value is -0.520. The van der Waals surface area contributed by atoms with Gasteiger partial charge in [0.1, 0.15) is 5.75 Å². The molecule has 17 heavy (non-hydrogen) atoms. The molecule has 0 radical (unpaired) electrons. The minimum Gasteiger partial charge on any atom is -0.409 e. The third-order valence-corrected chi connectivity index (χ3v) is 4.55. The van der Waals surface area contributed by atoms with Gasteiger partial charge in [-0.1, -0.05) is 11.6 Å². The average Bonchev–Trinajstić information content (AvgIpc) is 2.27. The molecule has 0 saturated carbocycles. The van der Waals surface area contributed by atoms with Crippen molar-refractivity contribution in [3.8, 4) is 5.75 Å². The van der Waals surface area contributed by atoms with E-state index in [1.54, 1.807) is 12.1 Å². The first kappa shape index (κ1) is 14.5. The summed E-state index contributed by atoms with van der Waals surface area (Å²) in [5.74, 6) is 0.516. The van der Waals surface area contributed by atoms with E-state index in [0.29, 0.717) is 10.8 Å². The topological polar surface area (TPSA) is 29.5 Å². The van der Waals surface area contributed by atoms with E-state index < -0.39 is 6.09 Å². The molecule has 0 aromatic heterocycles. The molecule has 1 amide bonds. The standard InChI is InChI=1S/C11H14ClNO2S2/c1-7-5-9(6-8(2)10(7)12)15-11(14)13(16-3)17-4/h5-6H,1-4H3. The summed E-state index contributed by atoms with van der Waals surface area (Å²) in [6, 6.07) is 3.51. The lowest BCUT2D eigenvalue weighted by molar-refractivity contribution is 0.197. The number of carbonyl (C=O) groups excluding carboxylic acids is 1. The van der Waals surface area contributed by atoms with E-state index in [1.807, 2.05) is 26.4 Å². The van der Waals surface area contributed by atoms with E-state index in [0.717, 1.165) is 11.1 Å². The maximum absolute atomic E-state index is 11.7. The fourth-order valence-corrected chi connectivity index (χ4v) is 2.40. The van der Waals surface area contributed by atoms with Crippen molar-refractivity contribution >= 4 is 41.6 Å². The smallest absolute Gasteiger partial charge is 0.409 e. The quantitative estimate of drug-likeness (QED) is 0.776. The molecule has 0 heterocycles. The van der Waals surface area contributed by atoms with Gasteiger partial charge in [0.2, 0.25) is 0 Å². The van der Waals surface area contributed by atoms with Gasteiger partial charge < -0.3 is 4.74 Å². The molecule has 0 N–H and O–H groups in total. The van der Waals surface area contributed by atoms with Gasteiger partial charge in [0.05, 0.1) is 0 Å². The molecule has 1 aromatic rings. The zero-order valence-corrected chi connectivity index (χ0v) is 12.5. The van der Waals surface area contributed by atoms with Gasteiger partial charge >= 0.3 is 6.09 Å². The molecule has 0 atom stereocenters. The monoisotopic (exact) mass is 291 g/mol. The van der Waals surface area contributed by atoms with Crippen molar-refractivity contribution in [2.24, 2.45) is 0 Å². The van der Waals surface area contributed by atoms with Crippen molar-refractivity contribution in [2.75, 3.05) is 12.5 Å². The molecule has 0 aliphatic heterocycles. The van der Waals surface area contributed by atoms with Crippen LogP contribution in [-0.4, -0.2) is 22.3 Å². The van der Waals surface area contributed by atoms with Crippen LogP contribution in [0.2, 0.25) is 5.02 Å². The first-order valence-corrected chi connectivity index (χ1v) is 7.60. The van der Waals surface area contributed by atoms with Crippen molar-refractivity contribution in [2.45, 2.75) is 13.8 Å². The number of carbonyl (C=O) groups is 1. The van der Waals surface area contributed by atoms with Crippen molar-refractivity contribution < 1.29 is 9.53 Å². The Morgan fingerprint density at radius 3 is 2.12 bits per heavy atom. The summed E-state index contributed by atoms with van der Waals surface area (Å²) >= 11 is 8.65. The summed E-state index contributed by atoms with van der Waals surface area (Å²) in [5, 5.41) is 0.705. The SMILES string of the molecule is CSN(SC)C(=O)Oc1cc(C)c(Cl)c(C)c1. The van der Waals surface area contributed by atoms with E-state index >= 15 is 0 Å². The summed E-state index contributed by atoms with van der Waals surface area (Å²) in [7, 11) is 0. The lowest BCUT2D eigenvalue weighted by Crippen LogP contribution is -2.20. The van der Waals surface area contributed by atoms with Crippen LogP contribution in [0.5, 0.6) is 5.75 Å². The van der Waals surface area contributed by atoms with Crippen LogP contribution in [0, 0.1) is 13.8 Å². The molecule has 0 unspecified atom stereocenters. The van der Waals surface area contributed by atoms with Crippen LogP contribution in [0.25, 0.3) is 0 Å². The number of halogens is 1. The number of benzene rings is 1. The highest BCUT2D eigenvalue weighted by Gasteiger charge is 2.15. The van der Waals surface area contributed by atoms with E-state index in [9.17, 15) is 4.79 Å². The van der Waals surface area contributed by atoms with Gasteiger partial charge in [0.15, 0.2) is 0 Å². The Labute approximate surface area is 115 Å². The minimum absolute atomic E-state index is 0.397. The van der Waals surface area contributed by atoms with Crippen molar-refractivity contribution in [1.82, 2.24) is 3.71 Å². The van der Waals surface area contributed by atoms with Gasteiger partial charge in [-0.05, 0) is 61.0 Å². The van der Waals surface area contributed by atoms with Gasteiger partial charge in [-0.2, -0.15) is 3.71 Å². The van der Waals surface area contributed by atoms with Crippen LogP contribution in [0.3, 0.4) is 0 Å². The van der Waals surface area contributed by atoms with Crippen molar-refractivity contribution in [3.05, 3.63) is 28.3 Å².